The van der Waals surface area contributed by atoms with E-state index in [1.54, 1.807) is 12.1 Å². The molecule has 0 amide bonds. The van der Waals surface area contributed by atoms with Crippen molar-refractivity contribution in [3.8, 4) is 0 Å². The van der Waals surface area contributed by atoms with Crippen LogP contribution in [0, 0.1) is 5.82 Å². The average molecular weight is 264 g/mol. The van der Waals surface area contributed by atoms with Gasteiger partial charge in [0.1, 0.15) is 5.82 Å². The van der Waals surface area contributed by atoms with Gasteiger partial charge in [0.15, 0.2) is 0 Å². The maximum absolute atomic E-state index is 13.1. The number of nitrogens with zero attached hydrogens (tertiary/aromatic N) is 1. The third kappa shape index (κ3) is 3.34. The van der Waals surface area contributed by atoms with Crippen molar-refractivity contribution >= 4 is 0 Å². The normalized spacial score (nSPS) is 24.1. The van der Waals surface area contributed by atoms with Gasteiger partial charge in [-0.25, -0.2) is 4.39 Å². The number of benzene rings is 1. The third-order valence-electron chi connectivity index (χ3n) is 4.24. The van der Waals surface area contributed by atoms with Crippen molar-refractivity contribution < 1.29 is 4.39 Å². The van der Waals surface area contributed by atoms with Crippen molar-refractivity contribution in [1.29, 1.82) is 0 Å². The molecule has 19 heavy (non-hydrogen) atoms. The number of hydrogen-bond donors (Lipinski definition) is 1. The van der Waals surface area contributed by atoms with Gasteiger partial charge in [-0.05, 0) is 50.4 Å². The minimum Gasteiger partial charge on any atom is -0.327 e. The highest BCUT2D eigenvalue weighted by Gasteiger charge is 2.30. The van der Waals surface area contributed by atoms with Crippen molar-refractivity contribution in [2.45, 2.75) is 57.7 Å². The van der Waals surface area contributed by atoms with Crippen LogP contribution in [0.4, 0.5) is 4.39 Å². The van der Waals surface area contributed by atoms with Crippen LogP contribution < -0.4 is 5.73 Å². The number of nitrogens with two attached hydrogens (primary N) is 1. The van der Waals surface area contributed by atoms with Gasteiger partial charge in [0.2, 0.25) is 0 Å². The van der Waals surface area contributed by atoms with Crippen LogP contribution in [0.5, 0.6) is 0 Å². The van der Waals surface area contributed by atoms with Crippen molar-refractivity contribution in [3.63, 3.8) is 0 Å². The Bertz CT molecular complexity index is 388. The summed E-state index contributed by atoms with van der Waals surface area (Å²) in [7, 11) is 0. The molecule has 2 N–H and O–H groups in total. The van der Waals surface area contributed by atoms with Crippen LogP contribution in [0.15, 0.2) is 24.3 Å². The Hall–Kier alpha value is -0.930. The topological polar surface area (TPSA) is 29.3 Å². The molecule has 1 fully saturated rings. The van der Waals surface area contributed by atoms with Gasteiger partial charge in [-0.15, -0.1) is 0 Å². The van der Waals surface area contributed by atoms with Gasteiger partial charge in [-0.2, -0.15) is 0 Å². The Kier molecular flexibility index (Phi) is 4.94. The van der Waals surface area contributed by atoms with Crippen LogP contribution in [0.3, 0.4) is 0 Å². The molecule has 1 aliphatic heterocycles. The second kappa shape index (κ2) is 6.49. The first-order valence-electron chi connectivity index (χ1n) is 7.40. The number of piperidine rings is 1. The molecule has 2 rings (SSSR count). The molecule has 1 heterocycles. The van der Waals surface area contributed by atoms with Crippen LogP contribution in [-0.2, 0) is 0 Å². The van der Waals surface area contributed by atoms with Crippen LogP contribution in [0.25, 0.3) is 0 Å². The van der Waals surface area contributed by atoms with Crippen molar-refractivity contribution in [2.24, 2.45) is 5.73 Å². The van der Waals surface area contributed by atoms with E-state index in [-0.39, 0.29) is 11.9 Å². The molecule has 1 aliphatic rings. The monoisotopic (exact) mass is 264 g/mol. The second-order valence-corrected chi connectivity index (χ2v) is 5.64. The molecule has 0 aromatic heterocycles. The number of halogens is 1. The predicted octanol–water partition coefficient (Wildman–Crippen LogP) is 3.48. The van der Waals surface area contributed by atoms with Crippen LogP contribution >= 0.6 is 0 Å². The molecule has 0 radical (unpaired) electrons. The molecule has 2 nitrogen and oxygen atoms in total. The summed E-state index contributed by atoms with van der Waals surface area (Å²) in [5.41, 5.74) is 7.36. The summed E-state index contributed by atoms with van der Waals surface area (Å²) in [6.45, 7) is 5.39. The van der Waals surface area contributed by atoms with E-state index in [4.69, 9.17) is 5.73 Å². The summed E-state index contributed by atoms with van der Waals surface area (Å²) >= 11 is 0. The zero-order valence-electron chi connectivity index (χ0n) is 12.0. The Morgan fingerprint density at radius 2 is 2.00 bits per heavy atom. The SMILES string of the molecule is CCC(c1ccc(F)cc1)N1CCCCC1C(C)N. The van der Waals surface area contributed by atoms with Crippen molar-refractivity contribution in [2.75, 3.05) is 6.54 Å². The van der Waals surface area contributed by atoms with E-state index in [0.717, 1.165) is 13.0 Å². The highest BCUT2D eigenvalue weighted by molar-refractivity contribution is 5.20. The lowest BCUT2D eigenvalue weighted by molar-refractivity contribution is 0.0783. The molecule has 0 saturated carbocycles. The highest BCUT2D eigenvalue weighted by atomic mass is 19.1. The standard InChI is InChI=1S/C16H25FN2/c1-3-15(13-7-9-14(17)10-8-13)19-11-5-4-6-16(19)12(2)18/h7-10,12,15-16H,3-6,11,18H2,1-2H3. The lowest BCUT2D eigenvalue weighted by atomic mass is 9.92. The highest BCUT2D eigenvalue weighted by Crippen LogP contribution is 2.31. The average Bonchev–Trinajstić information content (AvgIpc) is 2.42. The predicted molar refractivity (Wildman–Crippen MR) is 77.4 cm³/mol. The van der Waals surface area contributed by atoms with Crippen LogP contribution in [0.1, 0.15) is 51.1 Å². The van der Waals surface area contributed by atoms with Gasteiger partial charge in [0, 0.05) is 18.1 Å². The number of hydrogen-bond acceptors (Lipinski definition) is 2. The van der Waals surface area contributed by atoms with E-state index in [0.29, 0.717) is 12.1 Å². The minimum absolute atomic E-state index is 0.166. The Morgan fingerprint density at radius 1 is 1.32 bits per heavy atom. The molecule has 3 heteroatoms. The van der Waals surface area contributed by atoms with Gasteiger partial charge in [-0.1, -0.05) is 25.5 Å². The zero-order valence-corrected chi connectivity index (χ0v) is 12.0. The molecule has 1 aromatic carbocycles. The van der Waals surface area contributed by atoms with Gasteiger partial charge in [-0.3, -0.25) is 4.90 Å². The second-order valence-electron chi connectivity index (χ2n) is 5.64. The fourth-order valence-electron chi connectivity index (χ4n) is 3.28. The summed E-state index contributed by atoms with van der Waals surface area (Å²) < 4.78 is 13.1. The van der Waals surface area contributed by atoms with E-state index in [2.05, 4.69) is 18.7 Å². The smallest absolute Gasteiger partial charge is 0.123 e. The summed E-state index contributed by atoms with van der Waals surface area (Å²) in [4.78, 5) is 2.53. The van der Waals surface area contributed by atoms with Crippen molar-refractivity contribution in [3.05, 3.63) is 35.6 Å². The first-order valence-corrected chi connectivity index (χ1v) is 7.40. The molecular weight excluding hydrogens is 239 g/mol. The lowest BCUT2D eigenvalue weighted by Gasteiger charge is -2.43. The van der Waals surface area contributed by atoms with Crippen molar-refractivity contribution in [1.82, 2.24) is 4.90 Å². The molecule has 0 spiro atoms. The quantitative estimate of drug-likeness (QED) is 0.902. The van der Waals surface area contributed by atoms with E-state index in [1.165, 1.54) is 24.8 Å². The van der Waals surface area contributed by atoms with E-state index in [1.807, 2.05) is 12.1 Å². The first-order chi connectivity index (χ1) is 9.13. The summed E-state index contributed by atoms with van der Waals surface area (Å²) in [5, 5.41) is 0. The summed E-state index contributed by atoms with van der Waals surface area (Å²) in [5.74, 6) is -0.166. The van der Waals surface area contributed by atoms with E-state index in [9.17, 15) is 4.39 Å². The first kappa shape index (κ1) is 14.5. The van der Waals surface area contributed by atoms with Crippen LogP contribution in [-0.4, -0.2) is 23.5 Å². The Labute approximate surface area is 115 Å². The van der Waals surface area contributed by atoms with E-state index < -0.39 is 0 Å². The van der Waals surface area contributed by atoms with Gasteiger partial charge >= 0.3 is 0 Å². The minimum atomic E-state index is -0.166. The largest absolute Gasteiger partial charge is 0.327 e. The number of rotatable bonds is 4. The van der Waals surface area contributed by atoms with Crippen LogP contribution in [0.2, 0.25) is 0 Å². The molecule has 3 unspecified atom stereocenters. The molecule has 1 aromatic rings. The van der Waals surface area contributed by atoms with Gasteiger partial charge < -0.3 is 5.73 Å². The van der Waals surface area contributed by atoms with E-state index >= 15 is 0 Å². The summed E-state index contributed by atoms with van der Waals surface area (Å²) in [6.07, 6.45) is 4.72. The number of likely N-dealkylation sites (tertiary alicyclic amines) is 1. The summed E-state index contributed by atoms with van der Waals surface area (Å²) in [6, 6.07) is 7.94. The third-order valence-corrected chi connectivity index (χ3v) is 4.24. The maximum atomic E-state index is 13.1. The Morgan fingerprint density at radius 3 is 2.58 bits per heavy atom. The Balaban J connectivity index is 2.21. The molecule has 0 bridgehead atoms. The van der Waals surface area contributed by atoms with Gasteiger partial charge in [0.05, 0.1) is 0 Å². The fraction of sp³-hybridized carbons (Fsp3) is 0.625. The molecule has 106 valence electrons. The van der Waals surface area contributed by atoms with Gasteiger partial charge in [0.25, 0.3) is 0 Å². The fourth-order valence-corrected chi connectivity index (χ4v) is 3.28. The maximum Gasteiger partial charge on any atom is 0.123 e. The molecular formula is C16H25FN2. The molecule has 1 saturated heterocycles. The molecule has 3 atom stereocenters. The molecule has 0 aliphatic carbocycles. The lowest BCUT2D eigenvalue weighted by Crippen LogP contribution is -2.50. The zero-order chi connectivity index (χ0) is 13.8.